The van der Waals surface area contributed by atoms with E-state index in [0.717, 1.165) is 0 Å². The fourth-order valence-electron chi connectivity index (χ4n) is 3.10. The lowest BCUT2D eigenvalue weighted by Crippen LogP contribution is -2.58. The third-order valence-electron chi connectivity index (χ3n) is 5.17. The molecular weight excluding hydrogens is 492 g/mol. The number of aliphatic imine (C=N–C) groups is 1. The van der Waals surface area contributed by atoms with Gasteiger partial charge in [0.1, 0.15) is 12.1 Å². The third kappa shape index (κ3) is 14.1. The third-order valence-corrected chi connectivity index (χ3v) is 5.82. The molecule has 0 bridgehead atoms. The number of unbranched alkanes of at least 4 members (excludes halogenated alkanes) is 1. The Bertz CT molecular complexity index is 735. The lowest BCUT2D eigenvalue weighted by atomic mass is 10.0. The van der Waals surface area contributed by atoms with Crippen LogP contribution in [-0.4, -0.2) is 95.2 Å². The number of nitrogens with zero attached hydrogens (tertiary/aromatic N) is 1. The van der Waals surface area contributed by atoms with E-state index in [0.29, 0.717) is 31.6 Å². The Balaban J connectivity index is 5.58. The van der Waals surface area contributed by atoms with Crippen molar-refractivity contribution < 1.29 is 29.4 Å². The van der Waals surface area contributed by atoms with Crippen LogP contribution in [0, 0.1) is 0 Å². The van der Waals surface area contributed by atoms with E-state index < -0.39 is 54.0 Å². The molecule has 208 valence electrons. The van der Waals surface area contributed by atoms with E-state index in [-0.39, 0.29) is 31.8 Å². The van der Waals surface area contributed by atoms with Gasteiger partial charge in [-0.05, 0) is 64.0 Å². The lowest BCUT2D eigenvalue weighted by Gasteiger charge is -2.26. The van der Waals surface area contributed by atoms with Crippen molar-refractivity contribution in [3.8, 4) is 0 Å². The van der Waals surface area contributed by atoms with Gasteiger partial charge in [0.2, 0.25) is 17.7 Å². The quantitative estimate of drug-likeness (QED) is 0.0463. The molecule has 5 unspecified atom stereocenters. The fraction of sp³-hybridized carbons (Fsp3) is 0.762. The van der Waals surface area contributed by atoms with Crippen molar-refractivity contribution in [3.05, 3.63) is 0 Å². The number of thioether (sulfide) groups is 1. The molecule has 0 aliphatic rings. The first-order valence-electron chi connectivity index (χ1n) is 11.8. The largest absolute Gasteiger partial charge is 0.480 e. The van der Waals surface area contributed by atoms with Crippen LogP contribution in [-0.2, 0) is 19.2 Å². The van der Waals surface area contributed by atoms with Crippen molar-refractivity contribution >= 4 is 41.4 Å². The number of carbonyl (C=O) groups excluding carboxylic acids is 3. The van der Waals surface area contributed by atoms with Gasteiger partial charge in [-0.25, -0.2) is 4.79 Å². The van der Waals surface area contributed by atoms with E-state index in [1.807, 2.05) is 6.26 Å². The highest BCUT2D eigenvalue weighted by atomic mass is 32.2. The standard InChI is InChI=1S/C21H42N8O6S/c1-12(30)16(20(34)35)29-19(33)15(7-5-10-26-21(24)25)28-18(32)14(6-3-4-9-22)27-17(31)13(23)8-11-36-2/h12-16,30H,3-11,22-23H2,1-2H3,(H,27,31)(H,28,32)(H,29,33)(H,34,35)(H4,24,25,26). The molecule has 0 aromatic carbocycles. The summed E-state index contributed by atoms with van der Waals surface area (Å²) in [5, 5.41) is 26.4. The van der Waals surface area contributed by atoms with E-state index in [9.17, 15) is 29.4 Å². The number of aliphatic hydroxyl groups excluding tert-OH is 1. The van der Waals surface area contributed by atoms with Crippen LogP contribution < -0.4 is 38.9 Å². The summed E-state index contributed by atoms with van der Waals surface area (Å²) < 4.78 is 0. The van der Waals surface area contributed by atoms with Gasteiger partial charge in [0.25, 0.3) is 0 Å². The molecule has 0 spiro atoms. The maximum Gasteiger partial charge on any atom is 0.328 e. The van der Waals surface area contributed by atoms with Crippen molar-refractivity contribution in [2.75, 3.05) is 25.1 Å². The van der Waals surface area contributed by atoms with Crippen LogP contribution in [0.2, 0.25) is 0 Å². The zero-order chi connectivity index (χ0) is 27.7. The van der Waals surface area contributed by atoms with Crippen LogP contribution >= 0.6 is 11.8 Å². The molecule has 3 amide bonds. The van der Waals surface area contributed by atoms with Gasteiger partial charge < -0.3 is 49.1 Å². The molecule has 0 aliphatic carbocycles. The highest BCUT2D eigenvalue weighted by Crippen LogP contribution is 2.07. The van der Waals surface area contributed by atoms with Gasteiger partial charge in [-0.2, -0.15) is 11.8 Å². The summed E-state index contributed by atoms with van der Waals surface area (Å²) >= 11 is 1.54. The minimum atomic E-state index is -1.58. The van der Waals surface area contributed by atoms with E-state index >= 15 is 0 Å². The van der Waals surface area contributed by atoms with Crippen LogP contribution in [0.15, 0.2) is 4.99 Å². The maximum absolute atomic E-state index is 13.1. The molecule has 36 heavy (non-hydrogen) atoms. The summed E-state index contributed by atoms with van der Waals surface area (Å²) in [6, 6.07) is -4.54. The zero-order valence-corrected chi connectivity index (χ0v) is 21.8. The van der Waals surface area contributed by atoms with Crippen LogP contribution in [0.1, 0.15) is 45.4 Å². The van der Waals surface area contributed by atoms with E-state index in [1.165, 1.54) is 18.7 Å². The lowest BCUT2D eigenvalue weighted by molar-refractivity contribution is -0.145. The van der Waals surface area contributed by atoms with Gasteiger partial charge in [0.15, 0.2) is 12.0 Å². The Morgan fingerprint density at radius 3 is 1.97 bits per heavy atom. The molecule has 0 saturated heterocycles. The number of guanidine groups is 1. The molecule has 0 aromatic heterocycles. The summed E-state index contributed by atoms with van der Waals surface area (Å²) in [4.78, 5) is 53.7. The zero-order valence-electron chi connectivity index (χ0n) is 20.9. The topological polar surface area (TPSA) is 261 Å². The van der Waals surface area contributed by atoms with E-state index in [2.05, 4.69) is 20.9 Å². The van der Waals surface area contributed by atoms with Crippen LogP contribution in [0.25, 0.3) is 0 Å². The van der Waals surface area contributed by atoms with Crippen molar-refractivity contribution in [2.24, 2.45) is 27.9 Å². The maximum atomic E-state index is 13.1. The summed E-state index contributed by atoms with van der Waals surface area (Å²) in [6.07, 6.45) is 2.71. The SMILES string of the molecule is CSCCC(N)C(=O)NC(CCCCN)C(=O)NC(CCCN=C(N)N)C(=O)NC(C(=O)O)C(C)O. The van der Waals surface area contributed by atoms with Crippen LogP contribution in [0.4, 0.5) is 0 Å². The molecule has 13 N–H and O–H groups in total. The Kier molecular flexibility index (Phi) is 17.3. The number of aliphatic carboxylic acids is 1. The smallest absolute Gasteiger partial charge is 0.328 e. The molecular formula is C21H42N8O6S. The molecule has 0 radical (unpaired) electrons. The first-order valence-corrected chi connectivity index (χ1v) is 13.2. The molecule has 5 atom stereocenters. The van der Waals surface area contributed by atoms with Gasteiger partial charge in [0.05, 0.1) is 12.1 Å². The first kappa shape index (κ1) is 33.4. The second kappa shape index (κ2) is 18.6. The predicted molar refractivity (Wildman–Crippen MR) is 139 cm³/mol. The van der Waals surface area contributed by atoms with E-state index in [4.69, 9.17) is 22.9 Å². The second-order valence-corrected chi connectivity index (χ2v) is 9.29. The monoisotopic (exact) mass is 534 g/mol. The summed E-state index contributed by atoms with van der Waals surface area (Å²) in [7, 11) is 0. The minimum absolute atomic E-state index is 0.0667. The Labute approximate surface area is 215 Å². The van der Waals surface area contributed by atoms with E-state index in [1.54, 1.807) is 0 Å². The molecule has 15 heteroatoms. The number of nitrogens with one attached hydrogen (secondary N) is 3. The van der Waals surface area contributed by atoms with Gasteiger partial charge in [0, 0.05) is 6.54 Å². The Morgan fingerprint density at radius 1 is 0.917 bits per heavy atom. The van der Waals surface area contributed by atoms with Gasteiger partial charge in [-0.3, -0.25) is 19.4 Å². The number of aliphatic hydroxyl groups is 1. The Hall–Kier alpha value is -2.62. The molecule has 14 nitrogen and oxygen atoms in total. The highest BCUT2D eigenvalue weighted by molar-refractivity contribution is 7.98. The van der Waals surface area contributed by atoms with Crippen LogP contribution in [0.3, 0.4) is 0 Å². The van der Waals surface area contributed by atoms with Gasteiger partial charge >= 0.3 is 5.97 Å². The fourth-order valence-corrected chi connectivity index (χ4v) is 3.59. The minimum Gasteiger partial charge on any atom is -0.480 e. The van der Waals surface area contributed by atoms with Gasteiger partial charge in [-0.1, -0.05) is 0 Å². The normalized spacial score (nSPS) is 15.0. The molecule has 0 heterocycles. The molecule has 0 fully saturated rings. The average Bonchev–Trinajstić information content (AvgIpc) is 2.81. The van der Waals surface area contributed by atoms with Crippen molar-refractivity contribution in [1.82, 2.24) is 16.0 Å². The van der Waals surface area contributed by atoms with Crippen molar-refractivity contribution in [1.29, 1.82) is 0 Å². The summed E-state index contributed by atoms with van der Waals surface area (Å²) in [5.41, 5.74) is 22.1. The number of amides is 3. The summed E-state index contributed by atoms with van der Waals surface area (Å²) in [5.74, 6) is -2.85. The predicted octanol–water partition coefficient (Wildman–Crippen LogP) is -2.83. The first-order chi connectivity index (χ1) is 16.9. The molecule has 0 aromatic rings. The number of hydrogen-bond acceptors (Lipinski definition) is 9. The highest BCUT2D eigenvalue weighted by Gasteiger charge is 2.31. The molecule has 0 saturated carbocycles. The summed E-state index contributed by atoms with van der Waals surface area (Å²) in [6.45, 7) is 1.79. The van der Waals surface area contributed by atoms with Crippen LogP contribution in [0.5, 0.6) is 0 Å². The number of rotatable bonds is 19. The number of nitrogens with two attached hydrogens (primary N) is 4. The number of carboxylic acid groups (broad SMARTS) is 1. The van der Waals surface area contributed by atoms with Crippen molar-refractivity contribution in [2.45, 2.75) is 75.7 Å². The van der Waals surface area contributed by atoms with Gasteiger partial charge in [-0.15, -0.1) is 0 Å². The number of carbonyl (C=O) groups is 4. The average molecular weight is 535 g/mol. The second-order valence-electron chi connectivity index (χ2n) is 8.31. The Morgan fingerprint density at radius 2 is 1.47 bits per heavy atom. The molecule has 0 aliphatic heterocycles. The molecule has 0 rings (SSSR count). The number of hydrogen-bond donors (Lipinski definition) is 9. The van der Waals surface area contributed by atoms with Crippen molar-refractivity contribution in [3.63, 3.8) is 0 Å². The number of carboxylic acids is 1.